The van der Waals surface area contributed by atoms with Gasteiger partial charge >= 0.3 is 0 Å². The van der Waals surface area contributed by atoms with E-state index in [1.165, 1.54) is 0 Å². The molecule has 0 radical (unpaired) electrons. The van der Waals surface area contributed by atoms with E-state index in [1.54, 1.807) is 13.3 Å². The predicted octanol–water partition coefficient (Wildman–Crippen LogP) is 1.91. The summed E-state index contributed by atoms with van der Waals surface area (Å²) in [5.74, 6) is 1.41. The molecule has 3 N–H and O–H groups in total. The average Bonchev–Trinajstić information content (AvgIpc) is 3.39. The lowest BCUT2D eigenvalue weighted by Gasteiger charge is -2.17. The van der Waals surface area contributed by atoms with Gasteiger partial charge in [-0.25, -0.2) is 20.8 Å². The first kappa shape index (κ1) is 18.4. The van der Waals surface area contributed by atoms with Crippen molar-refractivity contribution in [2.45, 2.75) is 37.9 Å². The van der Waals surface area contributed by atoms with E-state index in [1.807, 2.05) is 54.0 Å². The third-order valence-electron chi connectivity index (χ3n) is 5.07. The van der Waals surface area contributed by atoms with Crippen LogP contribution in [-0.2, 0) is 4.79 Å². The Morgan fingerprint density at radius 3 is 2.89 bits per heavy atom. The Kier molecular flexibility index (Phi) is 5.23. The number of aromatic nitrogens is 3. The van der Waals surface area contributed by atoms with Gasteiger partial charge in [0, 0.05) is 24.6 Å². The maximum absolute atomic E-state index is 12.8. The molecular weight excluding hydrogens is 356 g/mol. The molecule has 3 aromatic rings. The monoisotopic (exact) mass is 380 g/mol. The highest BCUT2D eigenvalue weighted by molar-refractivity contribution is 5.82. The first-order valence-electron chi connectivity index (χ1n) is 9.43. The highest BCUT2D eigenvalue weighted by atomic mass is 16.5. The van der Waals surface area contributed by atoms with Gasteiger partial charge in [0.2, 0.25) is 11.7 Å². The fourth-order valence-electron chi connectivity index (χ4n) is 3.46. The molecule has 0 aliphatic carbocycles. The van der Waals surface area contributed by atoms with Crippen molar-refractivity contribution in [1.29, 1.82) is 0 Å². The van der Waals surface area contributed by atoms with Gasteiger partial charge in [0.1, 0.15) is 11.8 Å². The molecule has 1 saturated heterocycles. The second-order valence-electron chi connectivity index (χ2n) is 6.86. The van der Waals surface area contributed by atoms with Gasteiger partial charge in [0.15, 0.2) is 0 Å². The number of carbonyl (C=O) groups is 1. The molecule has 3 heterocycles. The fourth-order valence-corrected chi connectivity index (χ4v) is 3.46. The largest absolute Gasteiger partial charge is 0.497 e. The molecule has 0 spiro atoms. The number of rotatable bonds is 6. The molecule has 3 unspecified atom stereocenters. The van der Waals surface area contributed by atoms with Gasteiger partial charge in [-0.3, -0.25) is 9.20 Å². The average molecular weight is 380 g/mol. The zero-order chi connectivity index (χ0) is 19.5. The van der Waals surface area contributed by atoms with Gasteiger partial charge in [-0.15, -0.1) is 0 Å². The van der Waals surface area contributed by atoms with Crippen LogP contribution in [0.4, 0.5) is 0 Å². The Hall–Kier alpha value is -2.97. The summed E-state index contributed by atoms with van der Waals surface area (Å²) in [5, 5.41) is 3.11. The minimum atomic E-state index is -0.309. The Morgan fingerprint density at radius 1 is 1.36 bits per heavy atom. The van der Waals surface area contributed by atoms with E-state index >= 15 is 0 Å². The molecule has 8 heteroatoms. The summed E-state index contributed by atoms with van der Waals surface area (Å²) < 4.78 is 7.06. The van der Waals surface area contributed by atoms with Crippen molar-refractivity contribution in [3.8, 4) is 5.75 Å². The number of amides is 1. The van der Waals surface area contributed by atoms with Crippen molar-refractivity contribution in [3.05, 3.63) is 60.2 Å². The Bertz CT molecular complexity index is 922. The van der Waals surface area contributed by atoms with Crippen molar-refractivity contribution in [2.24, 2.45) is 0 Å². The zero-order valence-corrected chi connectivity index (χ0v) is 15.9. The van der Waals surface area contributed by atoms with Crippen molar-refractivity contribution in [1.82, 2.24) is 30.5 Å². The van der Waals surface area contributed by atoms with Gasteiger partial charge < -0.3 is 10.1 Å². The molecule has 1 fully saturated rings. The van der Waals surface area contributed by atoms with Gasteiger partial charge in [0.25, 0.3) is 0 Å². The van der Waals surface area contributed by atoms with Crippen LogP contribution in [0.1, 0.15) is 43.1 Å². The highest BCUT2D eigenvalue weighted by Crippen LogP contribution is 2.25. The van der Waals surface area contributed by atoms with Crippen LogP contribution in [0.25, 0.3) is 5.78 Å². The number of benzene rings is 1. The third kappa shape index (κ3) is 3.69. The van der Waals surface area contributed by atoms with E-state index in [9.17, 15) is 4.79 Å². The quantitative estimate of drug-likeness (QED) is 0.605. The summed E-state index contributed by atoms with van der Waals surface area (Å²) in [6.07, 6.45) is 6.94. The number of imidazole rings is 1. The van der Waals surface area contributed by atoms with Crippen LogP contribution in [0.15, 0.2) is 48.9 Å². The molecule has 28 heavy (non-hydrogen) atoms. The molecule has 0 saturated carbocycles. The summed E-state index contributed by atoms with van der Waals surface area (Å²) in [6.45, 7) is 2.03. The van der Waals surface area contributed by atoms with Crippen LogP contribution in [0.3, 0.4) is 0 Å². The molecule has 1 aliphatic heterocycles. The molecule has 2 aromatic heterocycles. The summed E-state index contributed by atoms with van der Waals surface area (Å²) >= 11 is 0. The SMILES string of the molecule is CCC(NC(=O)C1CC(c2ccc(OC)cc2)NN1)c1cn2cccnc2n1. The fraction of sp³-hybridized carbons (Fsp3) is 0.350. The number of nitrogens with one attached hydrogen (secondary N) is 3. The molecule has 146 valence electrons. The molecule has 4 rings (SSSR count). The topological polar surface area (TPSA) is 92.6 Å². The van der Waals surface area contributed by atoms with Crippen molar-refractivity contribution >= 4 is 11.7 Å². The number of methoxy groups -OCH3 is 1. The van der Waals surface area contributed by atoms with Gasteiger partial charge in [-0.2, -0.15) is 0 Å². The van der Waals surface area contributed by atoms with Crippen molar-refractivity contribution in [3.63, 3.8) is 0 Å². The van der Waals surface area contributed by atoms with E-state index in [2.05, 4.69) is 26.1 Å². The predicted molar refractivity (Wildman–Crippen MR) is 105 cm³/mol. The van der Waals surface area contributed by atoms with E-state index in [0.717, 1.165) is 23.4 Å². The smallest absolute Gasteiger partial charge is 0.239 e. The lowest BCUT2D eigenvalue weighted by atomic mass is 10.0. The Morgan fingerprint density at radius 2 is 2.18 bits per heavy atom. The summed E-state index contributed by atoms with van der Waals surface area (Å²) in [6, 6.07) is 9.33. The Balaban J connectivity index is 1.41. The van der Waals surface area contributed by atoms with Gasteiger partial charge in [0.05, 0.1) is 18.8 Å². The molecule has 1 aliphatic rings. The van der Waals surface area contributed by atoms with Crippen LogP contribution >= 0.6 is 0 Å². The van der Waals surface area contributed by atoms with Gasteiger partial charge in [-0.05, 0) is 36.6 Å². The maximum atomic E-state index is 12.8. The van der Waals surface area contributed by atoms with Crippen LogP contribution in [0, 0.1) is 0 Å². The lowest BCUT2D eigenvalue weighted by Crippen LogP contribution is -2.44. The number of ether oxygens (including phenoxy) is 1. The number of hydrogen-bond acceptors (Lipinski definition) is 6. The summed E-state index contributed by atoms with van der Waals surface area (Å²) in [7, 11) is 1.65. The van der Waals surface area contributed by atoms with E-state index in [-0.39, 0.29) is 24.0 Å². The number of hydrazine groups is 1. The lowest BCUT2D eigenvalue weighted by molar-refractivity contribution is -0.123. The van der Waals surface area contributed by atoms with Crippen LogP contribution in [0.2, 0.25) is 0 Å². The highest BCUT2D eigenvalue weighted by Gasteiger charge is 2.31. The Labute approximate surface area is 163 Å². The minimum absolute atomic E-state index is 0.0413. The number of hydrogen-bond donors (Lipinski definition) is 3. The molecule has 3 atom stereocenters. The number of fused-ring (bicyclic) bond motifs is 1. The van der Waals surface area contributed by atoms with E-state index in [0.29, 0.717) is 12.2 Å². The molecule has 8 nitrogen and oxygen atoms in total. The van der Waals surface area contributed by atoms with Crippen molar-refractivity contribution < 1.29 is 9.53 Å². The molecule has 1 amide bonds. The molecular formula is C20H24N6O2. The third-order valence-corrected chi connectivity index (χ3v) is 5.07. The molecule has 0 bridgehead atoms. The standard InChI is InChI=1S/C20H24N6O2/c1-3-15(18-12-26-10-4-9-21-20(26)23-18)22-19(27)17-11-16(24-25-17)13-5-7-14(28-2)8-6-13/h4-10,12,15-17,24-25H,3,11H2,1-2H3,(H,22,27). The molecule has 1 aromatic carbocycles. The second kappa shape index (κ2) is 7.95. The first-order valence-corrected chi connectivity index (χ1v) is 9.43. The van der Waals surface area contributed by atoms with E-state index in [4.69, 9.17) is 4.74 Å². The number of nitrogens with zero attached hydrogens (tertiary/aromatic N) is 3. The van der Waals surface area contributed by atoms with Crippen LogP contribution in [-0.4, -0.2) is 33.4 Å². The van der Waals surface area contributed by atoms with Crippen LogP contribution in [0.5, 0.6) is 5.75 Å². The van der Waals surface area contributed by atoms with Crippen LogP contribution < -0.4 is 20.9 Å². The van der Waals surface area contributed by atoms with Gasteiger partial charge in [-0.1, -0.05) is 19.1 Å². The zero-order valence-electron chi connectivity index (χ0n) is 15.9. The maximum Gasteiger partial charge on any atom is 0.239 e. The van der Waals surface area contributed by atoms with Crippen molar-refractivity contribution in [2.75, 3.05) is 7.11 Å². The minimum Gasteiger partial charge on any atom is -0.497 e. The first-order chi connectivity index (χ1) is 13.7. The van der Waals surface area contributed by atoms with E-state index < -0.39 is 0 Å². The summed E-state index contributed by atoms with van der Waals surface area (Å²) in [4.78, 5) is 21.6. The second-order valence-corrected chi connectivity index (χ2v) is 6.86. The normalized spacial score (nSPS) is 20.2. The summed E-state index contributed by atoms with van der Waals surface area (Å²) in [5.41, 5.74) is 8.25. The number of carbonyl (C=O) groups excluding carboxylic acids is 1.